The number of nitrogens with zero attached hydrogens (tertiary/aromatic N) is 1. The molecule has 0 aliphatic carbocycles. The van der Waals surface area contributed by atoms with E-state index in [0.29, 0.717) is 6.54 Å². The Morgan fingerprint density at radius 1 is 1.46 bits per heavy atom. The minimum Gasteiger partial charge on any atom is -0.392 e. The second-order valence-corrected chi connectivity index (χ2v) is 3.29. The number of amides is 2. The topological polar surface area (TPSA) is 64.6 Å². The number of carbonyl (C=O) groups is 1. The number of aliphatic hydroxyl groups is 1. The third-order valence-corrected chi connectivity index (χ3v) is 1.40. The summed E-state index contributed by atoms with van der Waals surface area (Å²) in [5.74, 6) is 0. The third-order valence-electron chi connectivity index (χ3n) is 1.40. The molecule has 1 unspecified atom stereocenters. The van der Waals surface area contributed by atoms with Crippen molar-refractivity contribution in [1.29, 1.82) is 0 Å². The number of rotatable bonds is 5. The van der Waals surface area contributed by atoms with E-state index in [1.807, 2.05) is 19.0 Å². The highest BCUT2D eigenvalue weighted by Gasteiger charge is 2.00. The minimum atomic E-state index is -0.500. The van der Waals surface area contributed by atoms with Crippen LogP contribution in [-0.2, 0) is 0 Å². The number of carbonyl (C=O) groups excluding carboxylic acids is 1. The van der Waals surface area contributed by atoms with Crippen molar-refractivity contribution in [2.75, 3.05) is 33.7 Å². The maximum Gasteiger partial charge on any atom is 0.314 e. The fraction of sp³-hybridized carbons (Fsp3) is 0.875. The zero-order valence-corrected chi connectivity index (χ0v) is 8.50. The fourth-order valence-corrected chi connectivity index (χ4v) is 0.696. The molecule has 0 rings (SSSR count). The van der Waals surface area contributed by atoms with Crippen LogP contribution >= 0.6 is 0 Å². The van der Waals surface area contributed by atoms with Crippen molar-refractivity contribution in [3.8, 4) is 0 Å². The molecule has 0 saturated heterocycles. The standard InChI is InChI=1S/C8H19N3O2/c1-7(12)6-10-8(13)9-4-5-11(2)3/h7,12H,4-6H2,1-3H3,(H2,9,10,13). The Labute approximate surface area is 79.1 Å². The highest BCUT2D eigenvalue weighted by molar-refractivity contribution is 5.73. The molecule has 3 N–H and O–H groups in total. The summed E-state index contributed by atoms with van der Waals surface area (Å²) in [5.41, 5.74) is 0. The summed E-state index contributed by atoms with van der Waals surface area (Å²) in [4.78, 5) is 13.0. The molecule has 5 nitrogen and oxygen atoms in total. The second-order valence-electron chi connectivity index (χ2n) is 3.29. The molecule has 0 aliphatic heterocycles. The molecule has 0 spiro atoms. The molecule has 13 heavy (non-hydrogen) atoms. The van der Waals surface area contributed by atoms with Crippen molar-refractivity contribution in [1.82, 2.24) is 15.5 Å². The van der Waals surface area contributed by atoms with Crippen molar-refractivity contribution in [2.24, 2.45) is 0 Å². The van der Waals surface area contributed by atoms with Crippen LogP contribution in [0.5, 0.6) is 0 Å². The number of hydrogen-bond acceptors (Lipinski definition) is 3. The summed E-state index contributed by atoms with van der Waals surface area (Å²) in [7, 11) is 3.88. The number of urea groups is 1. The van der Waals surface area contributed by atoms with E-state index < -0.39 is 6.10 Å². The predicted molar refractivity (Wildman–Crippen MR) is 51.6 cm³/mol. The lowest BCUT2D eigenvalue weighted by molar-refractivity contribution is 0.187. The Morgan fingerprint density at radius 2 is 2.08 bits per heavy atom. The van der Waals surface area contributed by atoms with Gasteiger partial charge in [0.2, 0.25) is 0 Å². The Bertz CT molecular complexity index is 148. The van der Waals surface area contributed by atoms with E-state index in [4.69, 9.17) is 5.11 Å². The quantitative estimate of drug-likeness (QED) is 0.532. The molecule has 0 heterocycles. The van der Waals surface area contributed by atoms with Gasteiger partial charge < -0.3 is 20.6 Å². The molecule has 0 fully saturated rings. The molecule has 0 bridgehead atoms. The van der Waals surface area contributed by atoms with Gasteiger partial charge in [-0.15, -0.1) is 0 Å². The van der Waals surface area contributed by atoms with Crippen molar-refractivity contribution < 1.29 is 9.90 Å². The molecular weight excluding hydrogens is 170 g/mol. The van der Waals surface area contributed by atoms with E-state index in [1.165, 1.54) is 0 Å². The van der Waals surface area contributed by atoms with Gasteiger partial charge in [0.25, 0.3) is 0 Å². The van der Waals surface area contributed by atoms with Crippen molar-refractivity contribution in [3.05, 3.63) is 0 Å². The van der Waals surface area contributed by atoms with Crippen molar-refractivity contribution >= 4 is 6.03 Å². The van der Waals surface area contributed by atoms with Gasteiger partial charge in [-0.1, -0.05) is 0 Å². The van der Waals surface area contributed by atoms with Gasteiger partial charge in [0.15, 0.2) is 0 Å². The Balaban J connectivity index is 3.30. The van der Waals surface area contributed by atoms with Crippen LogP contribution in [0.4, 0.5) is 4.79 Å². The first-order valence-corrected chi connectivity index (χ1v) is 4.37. The average Bonchev–Trinajstić information content (AvgIpc) is 2.00. The smallest absolute Gasteiger partial charge is 0.314 e. The number of nitrogens with one attached hydrogen (secondary N) is 2. The maximum absolute atomic E-state index is 11.0. The number of hydrogen-bond donors (Lipinski definition) is 3. The SMILES string of the molecule is CC(O)CNC(=O)NCCN(C)C. The van der Waals surface area contributed by atoms with Crippen LogP contribution in [0.25, 0.3) is 0 Å². The van der Waals surface area contributed by atoms with E-state index in [9.17, 15) is 4.79 Å². The van der Waals surface area contributed by atoms with Crippen LogP contribution in [0, 0.1) is 0 Å². The van der Waals surface area contributed by atoms with Crippen LogP contribution < -0.4 is 10.6 Å². The van der Waals surface area contributed by atoms with E-state index >= 15 is 0 Å². The molecule has 5 heteroatoms. The lowest BCUT2D eigenvalue weighted by Crippen LogP contribution is -2.41. The lowest BCUT2D eigenvalue weighted by atomic mass is 10.4. The first-order valence-electron chi connectivity index (χ1n) is 4.37. The Morgan fingerprint density at radius 3 is 2.54 bits per heavy atom. The van der Waals surface area contributed by atoms with E-state index in [2.05, 4.69) is 10.6 Å². The fourth-order valence-electron chi connectivity index (χ4n) is 0.696. The molecule has 2 amide bonds. The van der Waals surface area contributed by atoms with Gasteiger partial charge in [-0.25, -0.2) is 4.79 Å². The minimum absolute atomic E-state index is 0.234. The van der Waals surface area contributed by atoms with E-state index in [0.717, 1.165) is 6.54 Å². The van der Waals surface area contributed by atoms with Crippen molar-refractivity contribution in [2.45, 2.75) is 13.0 Å². The highest BCUT2D eigenvalue weighted by atomic mass is 16.3. The van der Waals surface area contributed by atoms with Gasteiger partial charge in [-0.05, 0) is 21.0 Å². The molecule has 0 aliphatic rings. The normalized spacial score (nSPS) is 12.7. The van der Waals surface area contributed by atoms with Crippen LogP contribution in [0.3, 0.4) is 0 Å². The summed E-state index contributed by atoms with van der Waals surface area (Å²) in [6.45, 7) is 3.33. The molecule has 0 saturated carbocycles. The third kappa shape index (κ3) is 9.10. The van der Waals surface area contributed by atoms with Gasteiger partial charge in [0, 0.05) is 19.6 Å². The zero-order chi connectivity index (χ0) is 10.3. The van der Waals surface area contributed by atoms with Gasteiger partial charge in [-0.2, -0.15) is 0 Å². The molecule has 0 aromatic heterocycles. The van der Waals surface area contributed by atoms with E-state index in [-0.39, 0.29) is 12.6 Å². The number of likely N-dealkylation sites (N-methyl/N-ethyl adjacent to an activating group) is 1. The molecule has 1 atom stereocenters. The monoisotopic (exact) mass is 189 g/mol. The average molecular weight is 189 g/mol. The molecular formula is C8H19N3O2. The lowest BCUT2D eigenvalue weighted by Gasteiger charge is -2.11. The highest BCUT2D eigenvalue weighted by Crippen LogP contribution is 1.75. The molecule has 78 valence electrons. The van der Waals surface area contributed by atoms with Gasteiger partial charge >= 0.3 is 6.03 Å². The maximum atomic E-state index is 11.0. The Kier molecular flexibility index (Phi) is 6.26. The van der Waals surface area contributed by atoms with Crippen molar-refractivity contribution in [3.63, 3.8) is 0 Å². The van der Waals surface area contributed by atoms with E-state index in [1.54, 1.807) is 6.92 Å². The first kappa shape index (κ1) is 12.2. The predicted octanol–water partition coefficient (Wildman–Crippen LogP) is -0.772. The van der Waals surface area contributed by atoms with Gasteiger partial charge in [0.05, 0.1) is 6.10 Å². The summed E-state index contributed by atoms with van der Waals surface area (Å²) < 4.78 is 0. The molecule has 0 aromatic carbocycles. The van der Waals surface area contributed by atoms with Gasteiger partial charge in [-0.3, -0.25) is 0 Å². The first-order chi connectivity index (χ1) is 6.02. The largest absolute Gasteiger partial charge is 0.392 e. The second kappa shape index (κ2) is 6.68. The van der Waals surface area contributed by atoms with Crippen LogP contribution in [0.2, 0.25) is 0 Å². The summed E-state index contributed by atoms with van der Waals surface area (Å²) >= 11 is 0. The summed E-state index contributed by atoms with van der Waals surface area (Å²) in [5, 5.41) is 14.1. The summed E-state index contributed by atoms with van der Waals surface area (Å²) in [6.07, 6.45) is -0.500. The van der Waals surface area contributed by atoms with Crippen LogP contribution in [-0.4, -0.2) is 55.9 Å². The van der Waals surface area contributed by atoms with Gasteiger partial charge in [0.1, 0.15) is 0 Å². The number of aliphatic hydroxyl groups excluding tert-OH is 1. The molecule has 0 aromatic rings. The van der Waals surface area contributed by atoms with Crippen LogP contribution in [0.1, 0.15) is 6.92 Å². The molecule has 0 radical (unpaired) electrons. The summed E-state index contributed by atoms with van der Waals surface area (Å²) in [6, 6.07) is -0.234. The van der Waals surface area contributed by atoms with Crippen LogP contribution in [0.15, 0.2) is 0 Å². The zero-order valence-electron chi connectivity index (χ0n) is 8.50. The Hall–Kier alpha value is -0.810.